The van der Waals surface area contributed by atoms with Gasteiger partial charge in [0.15, 0.2) is 11.6 Å². The van der Waals surface area contributed by atoms with Crippen LogP contribution in [0.3, 0.4) is 0 Å². The van der Waals surface area contributed by atoms with Gasteiger partial charge in [0.1, 0.15) is 18.2 Å². The minimum Gasteiger partial charge on any atom is -0.324 e. The number of nitrogens with one attached hydrogen (secondary N) is 1. The van der Waals surface area contributed by atoms with E-state index >= 15 is 4.79 Å². The second-order valence-corrected chi connectivity index (χ2v) is 12.5. The third-order valence-electron chi connectivity index (χ3n) is 9.43. The molecule has 220 valence electrons. The van der Waals surface area contributed by atoms with E-state index in [2.05, 4.69) is 20.3 Å². The number of fused-ring (bicyclic) bond motifs is 4. The SMILES string of the molecule is Cc1nn(-c2ccccc2)c(-n2cncn2)c1C1C2CCCN2C2(C(=O)Nc3ccc(Cl)cc32)C1C(=O)c1ccc(Cl)cc1. The lowest BCUT2D eigenvalue weighted by Gasteiger charge is -2.37. The number of carbonyl (C=O) groups excluding carboxylic acids is 2. The van der Waals surface area contributed by atoms with Gasteiger partial charge in [-0.3, -0.25) is 14.5 Å². The maximum Gasteiger partial charge on any atom is 0.250 e. The summed E-state index contributed by atoms with van der Waals surface area (Å²) in [7, 11) is 0. The molecular formula is C33H27Cl2N7O2. The van der Waals surface area contributed by atoms with Crippen LogP contribution in [-0.4, -0.2) is 53.7 Å². The first kappa shape index (κ1) is 27.3. The molecule has 8 rings (SSSR count). The zero-order valence-electron chi connectivity index (χ0n) is 23.7. The highest BCUT2D eigenvalue weighted by atomic mass is 35.5. The van der Waals surface area contributed by atoms with Crippen LogP contribution in [0.1, 0.15) is 45.9 Å². The van der Waals surface area contributed by atoms with Gasteiger partial charge < -0.3 is 5.32 Å². The topological polar surface area (TPSA) is 97.9 Å². The highest BCUT2D eigenvalue weighted by Gasteiger charge is 2.70. The summed E-state index contributed by atoms with van der Waals surface area (Å²) in [5.74, 6) is -0.873. The lowest BCUT2D eigenvalue weighted by atomic mass is 9.68. The number of carbonyl (C=O) groups is 2. The number of anilines is 1. The maximum absolute atomic E-state index is 15.0. The Labute approximate surface area is 263 Å². The zero-order chi connectivity index (χ0) is 30.2. The molecule has 5 heterocycles. The molecule has 1 N–H and O–H groups in total. The molecule has 5 aromatic rings. The van der Waals surface area contributed by atoms with Crippen LogP contribution in [0.2, 0.25) is 10.0 Å². The number of rotatable bonds is 5. The summed E-state index contributed by atoms with van der Waals surface area (Å²) in [6, 6.07) is 22.0. The van der Waals surface area contributed by atoms with Crippen LogP contribution in [0, 0.1) is 12.8 Å². The Kier molecular flexibility index (Phi) is 6.27. The van der Waals surface area contributed by atoms with E-state index in [1.165, 1.54) is 6.33 Å². The minimum absolute atomic E-state index is 0.124. The fourth-order valence-corrected chi connectivity index (χ4v) is 8.15. The molecule has 2 aromatic heterocycles. The van der Waals surface area contributed by atoms with E-state index in [1.807, 2.05) is 54.1 Å². The van der Waals surface area contributed by atoms with Crippen molar-refractivity contribution in [2.24, 2.45) is 5.92 Å². The van der Waals surface area contributed by atoms with E-state index in [1.54, 1.807) is 41.3 Å². The Morgan fingerprint density at radius 3 is 2.55 bits per heavy atom. The Morgan fingerprint density at radius 2 is 1.80 bits per heavy atom. The lowest BCUT2D eigenvalue weighted by Crippen LogP contribution is -2.52. The molecular weight excluding hydrogens is 597 g/mol. The molecule has 3 aliphatic heterocycles. The van der Waals surface area contributed by atoms with E-state index in [0.29, 0.717) is 33.7 Å². The van der Waals surface area contributed by atoms with Gasteiger partial charge in [-0.25, -0.2) is 14.3 Å². The maximum atomic E-state index is 15.0. The van der Waals surface area contributed by atoms with E-state index in [-0.39, 0.29) is 17.7 Å². The van der Waals surface area contributed by atoms with Crippen molar-refractivity contribution in [3.05, 3.63) is 118 Å². The summed E-state index contributed by atoms with van der Waals surface area (Å²) in [5.41, 5.74) is 3.09. The van der Waals surface area contributed by atoms with Gasteiger partial charge >= 0.3 is 0 Å². The Bertz CT molecular complexity index is 1920. The van der Waals surface area contributed by atoms with Crippen molar-refractivity contribution >= 4 is 40.6 Å². The molecule has 44 heavy (non-hydrogen) atoms. The predicted molar refractivity (Wildman–Crippen MR) is 167 cm³/mol. The highest BCUT2D eigenvalue weighted by Crippen LogP contribution is 2.62. The number of Topliss-reactive ketones (excluding diaryl/α,β-unsaturated/α-hetero) is 1. The summed E-state index contributed by atoms with van der Waals surface area (Å²) in [6.07, 6.45) is 4.83. The van der Waals surface area contributed by atoms with Crippen molar-refractivity contribution in [1.29, 1.82) is 0 Å². The lowest BCUT2D eigenvalue weighted by molar-refractivity contribution is -0.127. The number of hydrogen-bond acceptors (Lipinski definition) is 6. The molecule has 1 amide bonds. The number of para-hydroxylation sites is 1. The molecule has 4 unspecified atom stereocenters. The van der Waals surface area contributed by atoms with E-state index in [0.717, 1.165) is 35.3 Å². The number of halogens is 2. The van der Waals surface area contributed by atoms with Gasteiger partial charge in [-0.2, -0.15) is 10.2 Å². The normalized spacial score (nSPS) is 24.1. The van der Waals surface area contributed by atoms with Crippen LogP contribution < -0.4 is 5.32 Å². The van der Waals surface area contributed by atoms with Gasteiger partial charge in [-0.05, 0) is 80.9 Å². The van der Waals surface area contributed by atoms with Crippen molar-refractivity contribution in [1.82, 2.24) is 29.4 Å². The molecule has 3 aromatic carbocycles. The minimum atomic E-state index is -1.27. The Hall–Kier alpha value is -4.31. The average Bonchev–Trinajstić information content (AvgIpc) is 3.85. The monoisotopic (exact) mass is 623 g/mol. The van der Waals surface area contributed by atoms with E-state index < -0.39 is 17.4 Å². The molecule has 0 radical (unpaired) electrons. The zero-order valence-corrected chi connectivity index (χ0v) is 25.2. The van der Waals surface area contributed by atoms with Gasteiger partial charge in [0.2, 0.25) is 5.91 Å². The van der Waals surface area contributed by atoms with Gasteiger partial charge in [-0.1, -0.05) is 41.4 Å². The fourth-order valence-electron chi connectivity index (χ4n) is 7.85. The number of amides is 1. The Balaban J connectivity index is 1.43. The molecule has 0 saturated carbocycles. The van der Waals surface area contributed by atoms with Crippen LogP contribution in [0.5, 0.6) is 0 Å². The number of ketones is 1. The van der Waals surface area contributed by atoms with Crippen molar-refractivity contribution in [3.63, 3.8) is 0 Å². The molecule has 2 saturated heterocycles. The van der Waals surface area contributed by atoms with Crippen LogP contribution >= 0.6 is 23.2 Å². The first-order valence-corrected chi connectivity index (χ1v) is 15.3. The number of aryl methyl sites for hydroxylation is 1. The fraction of sp³-hybridized carbons (Fsp3) is 0.242. The van der Waals surface area contributed by atoms with Gasteiger partial charge in [0, 0.05) is 44.4 Å². The smallest absolute Gasteiger partial charge is 0.250 e. The molecule has 3 aliphatic rings. The van der Waals surface area contributed by atoms with Crippen molar-refractivity contribution in [2.75, 3.05) is 11.9 Å². The van der Waals surface area contributed by atoms with Gasteiger partial charge in [0.25, 0.3) is 0 Å². The molecule has 4 atom stereocenters. The molecule has 1 spiro atoms. The highest BCUT2D eigenvalue weighted by molar-refractivity contribution is 6.31. The molecule has 0 bridgehead atoms. The van der Waals surface area contributed by atoms with Crippen LogP contribution in [-0.2, 0) is 10.3 Å². The average molecular weight is 625 g/mol. The largest absolute Gasteiger partial charge is 0.324 e. The molecule has 9 nitrogen and oxygen atoms in total. The van der Waals surface area contributed by atoms with E-state index in [4.69, 9.17) is 28.3 Å². The van der Waals surface area contributed by atoms with Crippen LogP contribution in [0.25, 0.3) is 11.5 Å². The number of benzene rings is 3. The van der Waals surface area contributed by atoms with Crippen molar-refractivity contribution in [3.8, 4) is 11.5 Å². The molecule has 0 aliphatic carbocycles. The third kappa shape index (κ3) is 3.79. The molecule has 11 heteroatoms. The second-order valence-electron chi connectivity index (χ2n) is 11.6. The van der Waals surface area contributed by atoms with Gasteiger partial charge in [-0.15, -0.1) is 0 Å². The number of aromatic nitrogens is 5. The quantitative estimate of drug-likeness (QED) is 0.242. The summed E-state index contributed by atoms with van der Waals surface area (Å²) in [5, 5.41) is 13.7. The van der Waals surface area contributed by atoms with Crippen molar-refractivity contribution in [2.45, 2.75) is 37.3 Å². The summed E-state index contributed by atoms with van der Waals surface area (Å²) in [6.45, 7) is 2.62. The number of hydrogen-bond donors (Lipinski definition) is 1. The van der Waals surface area contributed by atoms with Crippen molar-refractivity contribution < 1.29 is 9.59 Å². The molecule has 2 fully saturated rings. The van der Waals surface area contributed by atoms with E-state index in [9.17, 15) is 4.79 Å². The Morgan fingerprint density at radius 1 is 1.02 bits per heavy atom. The standard InChI is InChI=1S/C33H27Cl2N7O2/c1-19-27(31(41-18-36-17-37-41)42(39-19)23-6-3-2-4-7-23)28-26-8-5-15-40(26)33(24-16-22(35)13-14-25(24)38-32(33)44)29(28)30(43)20-9-11-21(34)12-10-20/h2-4,6-7,9-14,16-18,26,28-29H,5,8,15H2,1H3,(H,38,44). The number of nitrogens with zero attached hydrogens (tertiary/aromatic N) is 6. The summed E-state index contributed by atoms with van der Waals surface area (Å²) < 4.78 is 3.56. The van der Waals surface area contributed by atoms with Crippen LogP contribution in [0.4, 0.5) is 5.69 Å². The first-order chi connectivity index (χ1) is 21.4. The predicted octanol–water partition coefficient (Wildman–Crippen LogP) is 5.98. The van der Waals surface area contributed by atoms with Gasteiger partial charge in [0.05, 0.1) is 17.3 Å². The second kappa shape index (κ2) is 10.1. The third-order valence-corrected chi connectivity index (χ3v) is 9.91. The summed E-state index contributed by atoms with van der Waals surface area (Å²) >= 11 is 12.8. The van der Waals surface area contributed by atoms with Crippen LogP contribution in [0.15, 0.2) is 85.5 Å². The first-order valence-electron chi connectivity index (χ1n) is 14.6. The summed E-state index contributed by atoms with van der Waals surface area (Å²) in [4.78, 5) is 36.0.